The van der Waals surface area contributed by atoms with Crippen molar-refractivity contribution in [2.75, 3.05) is 5.73 Å². The number of aromatic nitrogens is 3. The molecule has 68 valence electrons. The van der Waals surface area contributed by atoms with Crippen molar-refractivity contribution in [1.82, 2.24) is 14.8 Å². The van der Waals surface area contributed by atoms with Gasteiger partial charge in [0.25, 0.3) is 0 Å². The second kappa shape index (κ2) is 3.18. The van der Waals surface area contributed by atoms with Gasteiger partial charge in [-0.1, -0.05) is 0 Å². The van der Waals surface area contributed by atoms with Crippen molar-refractivity contribution in [1.29, 1.82) is 0 Å². The highest BCUT2D eigenvalue weighted by Gasteiger charge is 2.09. The number of nitrogens with two attached hydrogens (primary N) is 1. The summed E-state index contributed by atoms with van der Waals surface area (Å²) in [5.74, 6) is 0. The number of rotatable bonds is 2. The summed E-state index contributed by atoms with van der Waals surface area (Å²) >= 11 is 1.62. The van der Waals surface area contributed by atoms with Crippen LogP contribution in [-0.2, 0) is 0 Å². The molecule has 0 radical (unpaired) electrons. The first kappa shape index (κ1) is 8.25. The quantitative estimate of drug-likeness (QED) is 0.788. The fourth-order valence-corrected chi connectivity index (χ4v) is 1.80. The van der Waals surface area contributed by atoms with E-state index in [1.54, 1.807) is 17.5 Å². The maximum absolute atomic E-state index is 5.57. The SMILES string of the molecule is C[C@H](c1cncs1)n1cc(N)cn1. The van der Waals surface area contributed by atoms with Crippen molar-refractivity contribution in [2.45, 2.75) is 13.0 Å². The molecule has 13 heavy (non-hydrogen) atoms. The van der Waals surface area contributed by atoms with Crippen LogP contribution in [0.3, 0.4) is 0 Å². The molecule has 0 aliphatic carbocycles. The molecule has 0 saturated heterocycles. The molecule has 0 aromatic carbocycles. The van der Waals surface area contributed by atoms with Crippen LogP contribution in [-0.4, -0.2) is 14.8 Å². The van der Waals surface area contributed by atoms with Crippen molar-refractivity contribution in [2.24, 2.45) is 0 Å². The minimum Gasteiger partial charge on any atom is -0.396 e. The standard InChI is InChI=1S/C8H10N4S/c1-6(8-3-10-5-13-8)12-4-7(9)2-11-12/h2-6H,9H2,1H3/t6-/m1/s1. The van der Waals surface area contributed by atoms with Gasteiger partial charge in [0.2, 0.25) is 0 Å². The van der Waals surface area contributed by atoms with Gasteiger partial charge in [0.05, 0.1) is 23.4 Å². The molecule has 2 aromatic heterocycles. The predicted molar refractivity (Wildman–Crippen MR) is 52.6 cm³/mol. The molecule has 2 rings (SSSR count). The van der Waals surface area contributed by atoms with Crippen LogP contribution in [0.25, 0.3) is 0 Å². The van der Waals surface area contributed by atoms with E-state index in [0.717, 1.165) is 0 Å². The van der Waals surface area contributed by atoms with Crippen molar-refractivity contribution in [3.63, 3.8) is 0 Å². The molecule has 0 unspecified atom stereocenters. The van der Waals surface area contributed by atoms with Gasteiger partial charge in [-0.3, -0.25) is 9.67 Å². The van der Waals surface area contributed by atoms with Crippen LogP contribution >= 0.6 is 11.3 Å². The normalized spacial score (nSPS) is 13.0. The average molecular weight is 194 g/mol. The first-order valence-corrected chi connectivity index (χ1v) is 4.83. The van der Waals surface area contributed by atoms with Gasteiger partial charge in [-0.15, -0.1) is 11.3 Å². The Morgan fingerprint density at radius 3 is 2.92 bits per heavy atom. The summed E-state index contributed by atoms with van der Waals surface area (Å²) in [6.45, 7) is 2.07. The van der Waals surface area contributed by atoms with E-state index in [2.05, 4.69) is 17.0 Å². The topological polar surface area (TPSA) is 56.7 Å². The fourth-order valence-electron chi connectivity index (χ4n) is 1.13. The van der Waals surface area contributed by atoms with Gasteiger partial charge < -0.3 is 5.73 Å². The highest BCUT2D eigenvalue weighted by Crippen LogP contribution is 2.20. The summed E-state index contributed by atoms with van der Waals surface area (Å²) in [7, 11) is 0. The molecule has 5 heteroatoms. The van der Waals surface area contributed by atoms with Gasteiger partial charge in [0.1, 0.15) is 0 Å². The summed E-state index contributed by atoms with van der Waals surface area (Å²) in [6.07, 6.45) is 5.33. The van der Waals surface area contributed by atoms with E-state index in [1.807, 2.05) is 22.6 Å². The van der Waals surface area contributed by atoms with Crippen LogP contribution in [0.1, 0.15) is 17.8 Å². The molecule has 0 aliphatic rings. The number of hydrogen-bond acceptors (Lipinski definition) is 4. The summed E-state index contributed by atoms with van der Waals surface area (Å²) in [4.78, 5) is 5.21. The highest BCUT2D eigenvalue weighted by molar-refractivity contribution is 7.09. The van der Waals surface area contributed by atoms with E-state index in [0.29, 0.717) is 5.69 Å². The van der Waals surface area contributed by atoms with Crippen LogP contribution in [0, 0.1) is 0 Å². The first-order chi connectivity index (χ1) is 6.27. The van der Waals surface area contributed by atoms with E-state index in [9.17, 15) is 0 Å². The van der Waals surface area contributed by atoms with Crippen molar-refractivity contribution in [3.8, 4) is 0 Å². The van der Waals surface area contributed by atoms with Crippen LogP contribution in [0.4, 0.5) is 5.69 Å². The number of thiazole rings is 1. The van der Waals surface area contributed by atoms with Crippen LogP contribution in [0.15, 0.2) is 24.1 Å². The lowest BCUT2D eigenvalue weighted by atomic mass is 10.3. The minimum atomic E-state index is 0.213. The lowest BCUT2D eigenvalue weighted by Crippen LogP contribution is -2.05. The zero-order chi connectivity index (χ0) is 9.26. The lowest BCUT2D eigenvalue weighted by Gasteiger charge is -2.08. The Labute approximate surface area is 80.0 Å². The van der Waals surface area contributed by atoms with E-state index < -0.39 is 0 Å². The molecule has 0 spiro atoms. The average Bonchev–Trinajstić information content (AvgIpc) is 2.72. The van der Waals surface area contributed by atoms with E-state index in [-0.39, 0.29) is 6.04 Å². The van der Waals surface area contributed by atoms with E-state index in [4.69, 9.17) is 5.73 Å². The Kier molecular flexibility index (Phi) is 2.02. The molecule has 0 amide bonds. The Balaban J connectivity index is 2.28. The molecule has 2 N–H and O–H groups in total. The molecule has 2 aromatic rings. The summed E-state index contributed by atoms with van der Waals surface area (Å²) < 4.78 is 1.84. The molecule has 4 nitrogen and oxygen atoms in total. The monoisotopic (exact) mass is 194 g/mol. The predicted octanol–water partition coefficient (Wildman–Crippen LogP) is 1.53. The Morgan fingerprint density at radius 1 is 1.54 bits per heavy atom. The lowest BCUT2D eigenvalue weighted by molar-refractivity contribution is 0.572. The molecule has 1 atom stereocenters. The highest BCUT2D eigenvalue weighted by atomic mass is 32.1. The van der Waals surface area contributed by atoms with Gasteiger partial charge in [-0.2, -0.15) is 5.10 Å². The van der Waals surface area contributed by atoms with E-state index >= 15 is 0 Å². The molecule has 0 saturated carbocycles. The second-order valence-corrected chi connectivity index (χ2v) is 3.75. The minimum absolute atomic E-state index is 0.213. The molecular formula is C8H10N4S. The third kappa shape index (κ3) is 1.55. The number of nitrogen functional groups attached to an aromatic ring is 1. The van der Waals surface area contributed by atoms with Gasteiger partial charge in [0.15, 0.2) is 0 Å². The van der Waals surface area contributed by atoms with Gasteiger partial charge in [-0.25, -0.2) is 0 Å². The van der Waals surface area contributed by atoms with Crippen LogP contribution < -0.4 is 5.73 Å². The molecule has 2 heterocycles. The Hall–Kier alpha value is -1.36. The zero-order valence-corrected chi connectivity index (χ0v) is 8.03. The third-order valence-electron chi connectivity index (χ3n) is 1.88. The number of anilines is 1. The second-order valence-electron chi connectivity index (χ2n) is 2.83. The third-order valence-corrected chi connectivity index (χ3v) is 2.83. The molecule has 0 fully saturated rings. The molecule has 0 aliphatic heterocycles. The number of hydrogen-bond donors (Lipinski definition) is 1. The Bertz CT molecular complexity index is 379. The maximum atomic E-state index is 5.57. The molecular weight excluding hydrogens is 184 g/mol. The largest absolute Gasteiger partial charge is 0.396 e. The fraction of sp³-hybridized carbons (Fsp3) is 0.250. The van der Waals surface area contributed by atoms with Crippen LogP contribution in [0.2, 0.25) is 0 Å². The smallest absolute Gasteiger partial charge is 0.0849 e. The maximum Gasteiger partial charge on any atom is 0.0849 e. The zero-order valence-electron chi connectivity index (χ0n) is 7.21. The summed E-state index contributed by atoms with van der Waals surface area (Å²) in [5.41, 5.74) is 8.08. The summed E-state index contributed by atoms with van der Waals surface area (Å²) in [6, 6.07) is 0.213. The van der Waals surface area contributed by atoms with Crippen molar-refractivity contribution < 1.29 is 0 Å². The summed E-state index contributed by atoms with van der Waals surface area (Å²) in [5, 5.41) is 4.14. The van der Waals surface area contributed by atoms with E-state index in [1.165, 1.54) is 4.88 Å². The van der Waals surface area contributed by atoms with Crippen molar-refractivity contribution >= 4 is 17.0 Å². The Morgan fingerprint density at radius 2 is 2.38 bits per heavy atom. The van der Waals surface area contributed by atoms with Gasteiger partial charge >= 0.3 is 0 Å². The van der Waals surface area contributed by atoms with Gasteiger partial charge in [0, 0.05) is 17.3 Å². The first-order valence-electron chi connectivity index (χ1n) is 3.95. The number of nitrogens with zero attached hydrogens (tertiary/aromatic N) is 3. The van der Waals surface area contributed by atoms with Gasteiger partial charge in [-0.05, 0) is 6.92 Å². The molecule has 0 bridgehead atoms. The van der Waals surface area contributed by atoms with Crippen LogP contribution in [0.5, 0.6) is 0 Å². The van der Waals surface area contributed by atoms with Crippen molar-refractivity contribution in [3.05, 3.63) is 29.0 Å².